The van der Waals surface area contributed by atoms with Gasteiger partial charge in [0.25, 0.3) is 5.69 Å². The first-order valence-corrected chi connectivity index (χ1v) is 6.81. The highest BCUT2D eigenvalue weighted by Crippen LogP contribution is 2.36. The Balaban J connectivity index is 2.29. The van der Waals surface area contributed by atoms with Crippen molar-refractivity contribution in [1.29, 1.82) is 0 Å². The first-order valence-electron chi connectivity index (χ1n) is 6.02. The molecule has 0 radical (unpaired) electrons. The van der Waals surface area contributed by atoms with Crippen LogP contribution in [0.3, 0.4) is 0 Å². The second-order valence-electron chi connectivity index (χ2n) is 4.63. The van der Waals surface area contributed by atoms with Crippen molar-refractivity contribution in [2.24, 2.45) is 5.92 Å². The van der Waals surface area contributed by atoms with Crippen LogP contribution < -0.4 is 4.90 Å². The van der Waals surface area contributed by atoms with Gasteiger partial charge < -0.3 is 10.0 Å². The number of hydrogen-bond acceptors (Lipinski definition) is 4. The maximum Gasteiger partial charge on any atom is 0.295 e. The Morgan fingerprint density at radius 1 is 1.58 bits per heavy atom. The molecule has 1 aromatic carbocycles. The number of nitro benzene ring substituents is 1. The van der Waals surface area contributed by atoms with Crippen molar-refractivity contribution < 1.29 is 14.4 Å². The van der Waals surface area contributed by atoms with E-state index in [4.69, 9.17) is 5.11 Å². The first kappa shape index (κ1) is 14.2. The van der Waals surface area contributed by atoms with Crippen LogP contribution in [0.4, 0.5) is 15.8 Å². The second-order valence-corrected chi connectivity index (χ2v) is 5.48. The number of nitrogens with zero attached hydrogens (tertiary/aromatic N) is 2. The highest BCUT2D eigenvalue weighted by molar-refractivity contribution is 9.10. The van der Waals surface area contributed by atoms with Gasteiger partial charge in [-0.05, 0) is 40.8 Å². The minimum absolute atomic E-state index is 0.119. The summed E-state index contributed by atoms with van der Waals surface area (Å²) in [5.41, 5.74) is 0.212. The van der Waals surface area contributed by atoms with Crippen molar-refractivity contribution in [1.82, 2.24) is 0 Å². The van der Waals surface area contributed by atoms with E-state index in [0.29, 0.717) is 31.1 Å². The molecule has 1 N–H and O–H groups in total. The van der Waals surface area contributed by atoms with Gasteiger partial charge in [-0.3, -0.25) is 10.1 Å². The minimum Gasteiger partial charge on any atom is -0.396 e. The zero-order valence-electron chi connectivity index (χ0n) is 10.2. The molecule has 0 amide bonds. The molecule has 1 saturated heterocycles. The SMILES string of the molecule is O=[N+]([O-])c1cc(F)c(Br)cc1N1CCC(CCO)C1. The summed E-state index contributed by atoms with van der Waals surface area (Å²) >= 11 is 3.06. The topological polar surface area (TPSA) is 66.6 Å². The lowest BCUT2D eigenvalue weighted by molar-refractivity contribution is -0.384. The van der Waals surface area contributed by atoms with Crippen LogP contribution in [0.1, 0.15) is 12.8 Å². The summed E-state index contributed by atoms with van der Waals surface area (Å²) in [7, 11) is 0. The van der Waals surface area contributed by atoms with Gasteiger partial charge >= 0.3 is 0 Å². The molecular weight excluding hydrogens is 319 g/mol. The Morgan fingerprint density at radius 2 is 2.32 bits per heavy atom. The summed E-state index contributed by atoms with van der Waals surface area (Å²) in [5, 5.41) is 19.9. The van der Waals surface area contributed by atoms with Gasteiger partial charge in [0.1, 0.15) is 11.5 Å². The molecule has 1 unspecified atom stereocenters. The lowest BCUT2D eigenvalue weighted by Crippen LogP contribution is -2.21. The Hall–Kier alpha value is -1.21. The molecule has 0 aromatic heterocycles. The number of rotatable bonds is 4. The maximum absolute atomic E-state index is 13.4. The van der Waals surface area contributed by atoms with Crippen LogP contribution in [0.5, 0.6) is 0 Å². The summed E-state index contributed by atoms with van der Waals surface area (Å²) in [5.74, 6) is -0.310. The summed E-state index contributed by atoms with van der Waals surface area (Å²) < 4.78 is 13.6. The standard InChI is InChI=1S/C12H14BrFN2O3/c13-9-5-11(12(16(18)19)6-10(9)14)15-3-1-8(7-15)2-4-17/h5-6,8,17H,1-4,7H2. The van der Waals surface area contributed by atoms with Crippen LogP contribution in [-0.2, 0) is 0 Å². The normalized spacial score (nSPS) is 18.9. The molecule has 7 heteroatoms. The Bertz CT molecular complexity index is 498. The molecule has 0 saturated carbocycles. The third-order valence-electron chi connectivity index (χ3n) is 3.38. The zero-order chi connectivity index (χ0) is 14.0. The quantitative estimate of drug-likeness (QED) is 0.680. The Labute approximate surface area is 118 Å². The van der Waals surface area contributed by atoms with Crippen molar-refractivity contribution in [2.75, 3.05) is 24.6 Å². The molecule has 19 heavy (non-hydrogen) atoms. The van der Waals surface area contributed by atoms with E-state index in [-0.39, 0.29) is 16.8 Å². The molecule has 1 fully saturated rings. The predicted molar refractivity (Wildman–Crippen MR) is 72.8 cm³/mol. The van der Waals surface area contributed by atoms with E-state index in [1.165, 1.54) is 6.07 Å². The molecule has 5 nitrogen and oxygen atoms in total. The molecule has 0 aliphatic carbocycles. The predicted octanol–water partition coefficient (Wildman–Crippen LogP) is 2.71. The summed E-state index contributed by atoms with van der Waals surface area (Å²) in [6, 6.07) is 2.40. The lowest BCUT2D eigenvalue weighted by atomic mass is 10.1. The van der Waals surface area contributed by atoms with Crippen LogP contribution >= 0.6 is 15.9 Å². The van der Waals surface area contributed by atoms with E-state index in [2.05, 4.69) is 15.9 Å². The average Bonchev–Trinajstić information content (AvgIpc) is 2.81. The lowest BCUT2D eigenvalue weighted by Gasteiger charge is -2.19. The van der Waals surface area contributed by atoms with Crippen LogP contribution in [0, 0.1) is 21.8 Å². The van der Waals surface area contributed by atoms with Gasteiger partial charge in [0, 0.05) is 19.7 Å². The highest BCUT2D eigenvalue weighted by Gasteiger charge is 2.28. The summed E-state index contributed by atoms with van der Waals surface area (Å²) in [6.07, 6.45) is 1.57. The van der Waals surface area contributed by atoms with E-state index >= 15 is 0 Å². The largest absolute Gasteiger partial charge is 0.396 e. The van der Waals surface area contributed by atoms with Gasteiger partial charge in [-0.2, -0.15) is 0 Å². The number of nitro groups is 1. The van der Waals surface area contributed by atoms with E-state index < -0.39 is 10.7 Å². The van der Waals surface area contributed by atoms with Gasteiger partial charge in [0.15, 0.2) is 0 Å². The number of hydrogen-bond donors (Lipinski definition) is 1. The van der Waals surface area contributed by atoms with Gasteiger partial charge in [-0.25, -0.2) is 4.39 Å². The fourth-order valence-electron chi connectivity index (χ4n) is 2.40. The first-order chi connectivity index (χ1) is 9.02. The van der Waals surface area contributed by atoms with E-state index in [1.807, 2.05) is 4.90 Å². The van der Waals surface area contributed by atoms with Crippen molar-refractivity contribution >= 4 is 27.3 Å². The number of halogens is 2. The molecule has 104 valence electrons. The number of benzene rings is 1. The van der Waals surface area contributed by atoms with E-state index in [1.54, 1.807) is 0 Å². The van der Waals surface area contributed by atoms with Gasteiger partial charge in [-0.15, -0.1) is 0 Å². The smallest absolute Gasteiger partial charge is 0.295 e. The monoisotopic (exact) mass is 332 g/mol. The van der Waals surface area contributed by atoms with Gasteiger partial charge in [0.2, 0.25) is 0 Å². The Kier molecular flexibility index (Phi) is 4.36. The molecule has 1 heterocycles. The molecule has 1 aliphatic heterocycles. The molecule has 0 spiro atoms. The zero-order valence-corrected chi connectivity index (χ0v) is 11.8. The maximum atomic E-state index is 13.4. The van der Waals surface area contributed by atoms with Crippen LogP contribution in [0.15, 0.2) is 16.6 Å². The molecule has 1 aliphatic rings. The molecule has 0 bridgehead atoms. The van der Waals surface area contributed by atoms with E-state index in [0.717, 1.165) is 12.5 Å². The van der Waals surface area contributed by atoms with Crippen molar-refractivity contribution in [2.45, 2.75) is 12.8 Å². The average molecular weight is 333 g/mol. The molecule has 2 rings (SSSR count). The third kappa shape index (κ3) is 3.03. The molecule has 1 atom stereocenters. The molecular formula is C12H14BrFN2O3. The Morgan fingerprint density at radius 3 is 2.95 bits per heavy atom. The van der Waals surface area contributed by atoms with Crippen molar-refractivity contribution in [3.63, 3.8) is 0 Å². The van der Waals surface area contributed by atoms with Crippen LogP contribution in [0.25, 0.3) is 0 Å². The molecule has 1 aromatic rings. The minimum atomic E-state index is -0.637. The number of aliphatic hydroxyl groups excluding tert-OH is 1. The van der Waals surface area contributed by atoms with Gasteiger partial charge in [0.05, 0.1) is 15.5 Å². The number of aliphatic hydroxyl groups is 1. The third-order valence-corrected chi connectivity index (χ3v) is 3.99. The van der Waals surface area contributed by atoms with E-state index in [9.17, 15) is 14.5 Å². The fourth-order valence-corrected chi connectivity index (χ4v) is 2.73. The van der Waals surface area contributed by atoms with Crippen molar-refractivity contribution in [3.05, 3.63) is 32.5 Å². The summed E-state index contributed by atoms with van der Waals surface area (Å²) in [4.78, 5) is 12.3. The fraction of sp³-hybridized carbons (Fsp3) is 0.500. The van der Waals surface area contributed by atoms with Crippen LogP contribution in [-0.4, -0.2) is 29.7 Å². The second kappa shape index (κ2) is 5.83. The highest BCUT2D eigenvalue weighted by atomic mass is 79.9. The number of anilines is 1. The van der Waals surface area contributed by atoms with Crippen molar-refractivity contribution in [3.8, 4) is 0 Å². The van der Waals surface area contributed by atoms with Crippen LogP contribution in [0.2, 0.25) is 0 Å². The summed E-state index contributed by atoms with van der Waals surface area (Å²) in [6.45, 7) is 1.46. The van der Waals surface area contributed by atoms with Gasteiger partial charge in [-0.1, -0.05) is 0 Å².